The molecule has 2 N–H and O–H groups in total. The van der Waals surface area contributed by atoms with Crippen LogP contribution in [0.3, 0.4) is 0 Å². The smallest absolute Gasteiger partial charge is 0.370 e. The SMILES string of the molecule is C[C@H]1C[C@@H](CC(=O)C(N)C(F)(F)F)CN(c2ccc(C(F)F)c3ncccc23)C1. The maximum atomic E-state index is 13.3. The number of halogens is 5. The van der Waals surface area contributed by atoms with Crippen LogP contribution in [0.25, 0.3) is 10.9 Å². The van der Waals surface area contributed by atoms with Crippen molar-refractivity contribution in [2.75, 3.05) is 18.0 Å². The second kappa shape index (κ2) is 8.22. The van der Waals surface area contributed by atoms with Crippen molar-refractivity contribution in [3.63, 3.8) is 0 Å². The maximum Gasteiger partial charge on any atom is 0.410 e. The Balaban J connectivity index is 1.86. The number of hydrogen-bond donors (Lipinski definition) is 1. The molecule has 1 saturated heterocycles. The molecular formula is C20H22F5N3O. The van der Waals surface area contributed by atoms with Crippen molar-refractivity contribution in [1.29, 1.82) is 0 Å². The summed E-state index contributed by atoms with van der Waals surface area (Å²) in [6, 6.07) is 3.78. The molecule has 0 aliphatic carbocycles. The zero-order valence-electron chi connectivity index (χ0n) is 15.8. The van der Waals surface area contributed by atoms with E-state index in [1.807, 2.05) is 11.8 Å². The van der Waals surface area contributed by atoms with Crippen LogP contribution in [0.4, 0.5) is 27.6 Å². The first kappa shape index (κ1) is 21.4. The number of carbonyl (C=O) groups is 1. The zero-order chi connectivity index (χ0) is 21.3. The van der Waals surface area contributed by atoms with Crippen LogP contribution in [0.2, 0.25) is 0 Å². The number of rotatable bonds is 5. The van der Waals surface area contributed by atoms with E-state index >= 15 is 0 Å². The summed E-state index contributed by atoms with van der Waals surface area (Å²) in [6.07, 6.45) is -5.66. The van der Waals surface area contributed by atoms with Crippen LogP contribution in [-0.4, -0.2) is 36.1 Å². The number of hydrogen-bond acceptors (Lipinski definition) is 4. The molecule has 0 bridgehead atoms. The number of carbonyl (C=O) groups excluding carboxylic acids is 1. The van der Waals surface area contributed by atoms with Gasteiger partial charge in [0.15, 0.2) is 11.8 Å². The molecular weight excluding hydrogens is 393 g/mol. The number of benzene rings is 1. The average molecular weight is 415 g/mol. The Morgan fingerprint density at radius 3 is 2.66 bits per heavy atom. The number of fused-ring (bicyclic) bond motifs is 1. The van der Waals surface area contributed by atoms with Gasteiger partial charge in [-0.15, -0.1) is 0 Å². The van der Waals surface area contributed by atoms with E-state index in [0.717, 1.165) is 0 Å². The Kier molecular flexibility index (Phi) is 6.07. The minimum Gasteiger partial charge on any atom is -0.370 e. The highest BCUT2D eigenvalue weighted by molar-refractivity contribution is 5.94. The lowest BCUT2D eigenvalue weighted by Crippen LogP contribution is -2.47. The zero-order valence-corrected chi connectivity index (χ0v) is 15.8. The van der Waals surface area contributed by atoms with Gasteiger partial charge in [0.2, 0.25) is 0 Å². The normalized spacial score (nSPS) is 21.6. The Labute approximate surface area is 164 Å². The van der Waals surface area contributed by atoms with Gasteiger partial charge < -0.3 is 10.6 Å². The fourth-order valence-corrected chi connectivity index (χ4v) is 4.05. The minimum atomic E-state index is -4.76. The molecule has 158 valence electrons. The molecule has 1 fully saturated rings. The highest BCUT2D eigenvalue weighted by atomic mass is 19.4. The molecule has 9 heteroatoms. The molecule has 1 aromatic carbocycles. The summed E-state index contributed by atoms with van der Waals surface area (Å²) in [4.78, 5) is 18.0. The van der Waals surface area contributed by atoms with Gasteiger partial charge in [-0.3, -0.25) is 9.78 Å². The van der Waals surface area contributed by atoms with Crippen molar-refractivity contribution in [1.82, 2.24) is 4.98 Å². The van der Waals surface area contributed by atoms with E-state index in [-0.39, 0.29) is 29.3 Å². The van der Waals surface area contributed by atoms with Gasteiger partial charge in [0.05, 0.1) is 5.52 Å². The first-order chi connectivity index (χ1) is 13.6. The number of ketones is 1. The number of aromatic nitrogens is 1. The Hall–Kier alpha value is -2.29. The van der Waals surface area contributed by atoms with Crippen molar-refractivity contribution in [2.45, 2.75) is 38.4 Å². The quantitative estimate of drug-likeness (QED) is 0.732. The highest BCUT2D eigenvalue weighted by Crippen LogP contribution is 2.36. The summed E-state index contributed by atoms with van der Waals surface area (Å²) in [5, 5.41) is 0.552. The molecule has 2 heterocycles. The van der Waals surface area contributed by atoms with Crippen LogP contribution in [-0.2, 0) is 4.79 Å². The van der Waals surface area contributed by atoms with Crippen molar-refractivity contribution >= 4 is 22.4 Å². The monoisotopic (exact) mass is 415 g/mol. The summed E-state index contributed by atoms with van der Waals surface area (Å²) >= 11 is 0. The summed E-state index contributed by atoms with van der Waals surface area (Å²) in [5.74, 6) is -1.22. The van der Waals surface area contributed by atoms with Crippen LogP contribution in [0.5, 0.6) is 0 Å². The second-order valence-electron chi connectivity index (χ2n) is 7.68. The van der Waals surface area contributed by atoms with Crippen molar-refractivity contribution in [3.05, 3.63) is 36.0 Å². The molecule has 1 unspecified atom stereocenters. The summed E-state index contributed by atoms with van der Waals surface area (Å²) in [5.41, 5.74) is 5.76. The summed E-state index contributed by atoms with van der Waals surface area (Å²) < 4.78 is 64.8. The van der Waals surface area contributed by atoms with Gasteiger partial charge in [-0.1, -0.05) is 6.92 Å². The van der Waals surface area contributed by atoms with E-state index in [1.165, 1.54) is 12.3 Å². The van der Waals surface area contributed by atoms with Gasteiger partial charge in [0, 0.05) is 42.3 Å². The molecule has 0 radical (unpaired) electrons. The number of alkyl halides is 5. The predicted molar refractivity (Wildman–Crippen MR) is 99.8 cm³/mol. The summed E-state index contributed by atoms with van der Waals surface area (Å²) in [6.45, 7) is 2.90. The molecule has 3 rings (SSSR count). The molecule has 2 aromatic rings. The topological polar surface area (TPSA) is 59.2 Å². The lowest BCUT2D eigenvalue weighted by Gasteiger charge is -2.38. The van der Waals surface area contributed by atoms with Gasteiger partial charge in [-0.2, -0.15) is 13.2 Å². The standard InChI is InChI=1S/C20H22F5N3O/c1-11-7-12(8-16(29)18(26)20(23,24)25)10-28(9-11)15-5-4-14(19(21)22)17-13(15)3-2-6-27-17/h2-6,11-12,18-19H,7-10,26H2,1H3/t11-,12-,18?/m0/s1. The third-order valence-electron chi connectivity index (χ3n) is 5.29. The fourth-order valence-electron chi connectivity index (χ4n) is 4.05. The minimum absolute atomic E-state index is 0.116. The second-order valence-corrected chi connectivity index (χ2v) is 7.68. The van der Waals surface area contributed by atoms with Crippen LogP contribution >= 0.6 is 0 Å². The highest BCUT2D eigenvalue weighted by Gasteiger charge is 2.42. The third kappa shape index (κ3) is 4.66. The largest absolute Gasteiger partial charge is 0.410 e. The van der Waals surface area contributed by atoms with Crippen LogP contribution < -0.4 is 10.6 Å². The molecule has 1 aromatic heterocycles. The summed E-state index contributed by atoms with van der Waals surface area (Å²) in [7, 11) is 0. The lowest BCUT2D eigenvalue weighted by molar-refractivity contribution is -0.162. The van der Waals surface area contributed by atoms with Crippen LogP contribution in [0, 0.1) is 11.8 Å². The third-order valence-corrected chi connectivity index (χ3v) is 5.29. The van der Waals surface area contributed by atoms with Crippen molar-refractivity contribution in [2.24, 2.45) is 17.6 Å². The molecule has 0 saturated carbocycles. The molecule has 1 aliphatic heterocycles. The number of Topliss-reactive ketones (excluding diaryl/α,β-unsaturated/α-hetero) is 1. The van der Waals surface area contributed by atoms with E-state index in [9.17, 15) is 26.7 Å². The number of piperidine rings is 1. The van der Waals surface area contributed by atoms with E-state index in [0.29, 0.717) is 30.6 Å². The fraction of sp³-hybridized carbons (Fsp3) is 0.500. The molecule has 3 atom stereocenters. The molecule has 29 heavy (non-hydrogen) atoms. The Bertz CT molecular complexity index is 886. The number of anilines is 1. The Morgan fingerprint density at radius 1 is 1.28 bits per heavy atom. The van der Waals surface area contributed by atoms with E-state index in [4.69, 9.17) is 5.73 Å². The van der Waals surface area contributed by atoms with Crippen molar-refractivity contribution < 1.29 is 26.7 Å². The lowest BCUT2D eigenvalue weighted by atomic mass is 9.85. The maximum absolute atomic E-state index is 13.3. The van der Waals surface area contributed by atoms with Gasteiger partial charge >= 0.3 is 6.18 Å². The molecule has 0 amide bonds. The van der Waals surface area contributed by atoms with Gasteiger partial charge in [-0.25, -0.2) is 8.78 Å². The number of nitrogens with two attached hydrogens (primary N) is 1. The first-order valence-electron chi connectivity index (χ1n) is 9.33. The molecule has 1 aliphatic rings. The number of nitrogens with zero attached hydrogens (tertiary/aromatic N) is 2. The van der Waals surface area contributed by atoms with Crippen LogP contribution in [0.15, 0.2) is 30.5 Å². The number of pyridine rings is 1. The van der Waals surface area contributed by atoms with E-state index < -0.39 is 24.4 Å². The van der Waals surface area contributed by atoms with E-state index in [1.54, 1.807) is 18.2 Å². The van der Waals surface area contributed by atoms with Gasteiger partial charge in [0.1, 0.15) is 0 Å². The van der Waals surface area contributed by atoms with Gasteiger partial charge in [0.25, 0.3) is 6.43 Å². The predicted octanol–water partition coefficient (Wildman–Crippen LogP) is 4.48. The van der Waals surface area contributed by atoms with Crippen LogP contribution in [0.1, 0.15) is 31.8 Å². The molecule has 0 spiro atoms. The van der Waals surface area contributed by atoms with Crippen molar-refractivity contribution in [3.8, 4) is 0 Å². The average Bonchev–Trinajstić information content (AvgIpc) is 2.65. The van der Waals surface area contributed by atoms with Gasteiger partial charge in [-0.05, 0) is 42.5 Å². The molecule has 4 nitrogen and oxygen atoms in total. The Morgan fingerprint density at radius 2 is 2.00 bits per heavy atom. The van der Waals surface area contributed by atoms with E-state index in [2.05, 4.69) is 4.98 Å². The first-order valence-corrected chi connectivity index (χ1v) is 9.33.